The number of hydrogen-bond donors (Lipinski definition) is 1. The first-order chi connectivity index (χ1) is 16.2. The standard InChI is InChI=1S/C27H29ClO6/c1-27(2,34-17-9-5-4-6-10-17)26(31)20(28)14-19-21(29)15-22-24(19)18-11-7-8-16(25(18)33-22)12-13-23(30)32-3/h4-11,14,19,21-22,24,29H,12-13,15H2,1-3H3/b20-14-/t19-,21+,22-,24+/m0/s1. The maximum absolute atomic E-state index is 13.2. The highest BCUT2D eigenvalue weighted by Crippen LogP contribution is 2.52. The van der Waals surface area contributed by atoms with Crippen molar-refractivity contribution in [1.82, 2.24) is 0 Å². The predicted octanol–water partition coefficient (Wildman–Crippen LogP) is 4.57. The molecule has 0 bridgehead atoms. The van der Waals surface area contributed by atoms with E-state index in [1.807, 2.05) is 36.4 Å². The van der Waals surface area contributed by atoms with Gasteiger partial charge in [0, 0.05) is 30.2 Å². The summed E-state index contributed by atoms with van der Waals surface area (Å²) < 4.78 is 16.9. The van der Waals surface area contributed by atoms with Crippen LogP contribution < -0.4 is 9.47 Å². The number of halogens is 1. The van der Waals surface area contributed by atoms with Crippen molar-refractivity contribution in [1.29, 1.82) is 0 Å². The second-order valence-electron chi connectivity index (χ2n) is 9.24. The summed E-state index contributed by atoms with van der Waals surface area (Å²) in [7, 11) is 1.37. The minimum Gasteiger partial charge on any atom is -0.489 e. The Morgan fingerprint density at radius 2 is 1.91 bits per heavy atom. The van der Waals surface area contributed by atoms with E-state index in [1.165, 1.54) is 7.11 Å². The lowest BCUT2D eigenvalue weighted by atomic mass is 9.86. The Morgan fingerprint density at radius 3 is 2.62 bits per heavy atom. The maximum Gasteiger partial charge on any atom is 0.305 e. The number of para-hydroxylation sites is 2. The van der Waals surface area contributed by atoms with E-state index in [1.54, 1.807) is 32.1 Å². The van der Waals surface area contributed by atoms with Crippen LogP contribution >= 0.6 is 11.6 Å². The van der Waals surface area contributed by atoms with E-state index in [-0.39, 0.29) is 41.1 Å². The van der Waals surface area contributed by atoms with Crippen LogP contribution in [0.5, 0.6) is 11.5 Å². The molecule has 1 fully saturated rings. The van der Waals surface area contributed by atoms with Gasteiger partial charge in [0.05, 0.1) is 18.2 Å². The Bertz CT molecular complexity index is 1090. The number of rotatable bonds is 8. The van der Waals surface area contributed by atoms with Crippen LogP contribution in [0.3, 0.4) is 0 Å². The molecule has 180 valence electrons. The normalized spacial score (nSPS) is 23.6. The first-order valence-electron chi connectivity index (χ1n) is 11.4. The van der Waals surface area contributed by atoms with Crippen molar-refractivity contribution in [3.8, 4) is 11.5 Å². The number of carbonyl (C=O) groups excluding carboxylic acids is 2. The third-order valence-corrected chi connectivity index (χ3v) is 6.83. The number of esters is 1. The Hall–Kier alpha value is -2.83. The first kappa shape index (κ1) is 24.3. The van der Waals surface area contributed by atoms with E-state index in [2.05, 4.69) is 0 Å². The molecule has 4 rings (SSSR count). The number of ether oxygens (including phenoxy) is 3. The highest BCUT2D eigenvalue weighted by Gasteiger charge is 2.49. The summed E-state index contributed by atoms with van der Waals surface area (Å²) in [6.45, 7) is 3.35. The van der Waals surface area contributed by atoms with Gasteiger partial charge in [0.1, 0.15) is 17.6 Å². The summed E-state index contributed by atoms with van der Waals surface area (Å²) in [5, 5.41) is 10.8. The van der Waals surface area contributed by atoms with E-state index in [9.17, 15) is 14.7 Å². The molecule has 1 saturated carbocycles. The van der Waals surface area contributed by atoms with Gasteiger partial charge in [0.15, 0.2) is 5.60 Å². The smallest absolute Gasteiger partial charge is 0.305 e. The molecule has 0 radical (unpaired) electrons. The van der Waals surface area contributed by atoms with E-state index >= 15 is 0 Å². The van der Waals surface area contributed by atoms with Crippen molar-refractivity contribution in [2.45, 2.75) is 56.8 Å². The average Bonchev–Trinajstić information content (AvgIpc) is 3.32. The zero-order chi connectivity index (χ0) is 24.5. The number of hydrogen-bond acceptors (Lipinski definition) is 6. The number of aliphatic hydroxyl groups excluding tert-OH is 1. The van der Waals surface area contributed by atoms with Crippen LogP contribution in [0.2, 0.25) is 0 Å². The Kier molecular flexibility index (Phi) is 7.01. The average molecular weight is 485 g/mol. The molecule has 2 aliphatic rings. The molecule has 1 heterocycles. The minimum absolute atomic E-state index is 0.0286. The summed E-state index contributed by atoms with van der Waals surface area (Å²) >= 11 is 6.50. The van der Waals surface area contributed by atoms with Crippen LogP contribution in [-0.4, -0.2) is 41.8 Å². The fourth-order valence-electron chi connectivity index (χ4n) is 4.83. The number of aliphatic hydroxyl groups is 1. The third-order valence-electron chi connectivity index (χ3n) is 6.53. The monoisotopic (exact) mass is 484 g/mol. The maximum atomic E-state index is 13.2. The highest BCUT2D eigenvalue weighted by molar-refractivity contribution is 6.43. The molecule has 1 aliphatic heterocycles. The predicted molar refractivity (Wildman–Crippen MR) is 128 cm³/mol. The van der Waals surface area contributed by atoms with Crippen molar-refractivity contribution < 1.29 is 28.9 Å². The van der Waals surface area contributed by atoms with Gasteiger partial charge in [0.25, 0.3) is 0 Å². The summed E-state index contributed by atoms with van der Waals surface area (Å²) in [6, 6.07) is 14.9. The molecule has 34 heavy (non-hydrogen) atoms. The second kappa shape index (κ2) is 9.80. The molecule has 0 aromatic heterocycles. The molecule has 0 amide bonds. The fraction of sp³-hybridized carbons (Fsp3) is 0.407. The summed E-state index contributed by atoms with van der Waals surface area (Å²) in [6.07, 6.45) is 1.92. The molecule has 1 aliphatic carbocycles. The van der Waals surface area contributed by atoms with Gasteiger partial charge in [-0.25, -0.2) is 0 Å². The van der Waals surface area contributed by atoms with E-state index in [0.717, 1.165) is 16.9 Å². The van der Waals surface area contributed by atoms with E-state index < -0.39 is 11.7 Å². The Labute approximate surface area is 204 Å². The lowest BCUT2D eigenvalue weighted by Crippen LogP contribution is -2.38. The number of ketones is 1. The Morgan fingerprint density at radius 1 is 1.18 bits per heavy atom. The van der Waals surface area contributed by atoms with Gasteiger partial charge in [-0.05, 0) is 38.0 Å². The number of benzene rings is 2. The van der Waals surface area contributed by atoms with Gasteiger partial charge in [0.2, 0.25) is 5.78 Å². The van der Waals surface area contributed by atoms with E-state index in [0.29, 0.717) is 18.6 Å². The molecule has 0 spiro atoms. The van der Waals surface area contributed by atoms with Crippen LogP contribution in [0.4, 0.5) is 0 Å². The van der Waals surface area contributed by atoms with Crippen LogP contribution in [0.25, 0.3) is 0 Å². The van der Waals surface area contributed by atoms with Crippen LogP contribution in [0.15, 0.2) is 59.6 Å². The number of carbonyl (C=O) groups is 2. The highest BCUT2D eigenvalue weighted by atomic mass is 35.5. The van der Waals surface area contributed by atoms with Crippen LogP contribution in [0, 0.1) is 5.92 Å². The van der Waals surface area contributed by atoms with Crippen molar-refractivity contribution in [2.24, 2.45) is 5.92 Å². The largest absolute Gasteiger partial charge is 0.489 e. The zero-order valence-corrected chi connectivity index (χ0v) is 20.2. The molecule has 4 atom stereocenters. The third kappa shape index (κ3) is 4.84. The molecular weight excluding hydrogens is 456 g/mol. The van der Waals surface area contributed by atoms with Crippen LogP contribution in [0.1, 0.15) is 43.7 Å². The number of fused-ring (bicyclic) bond motifs is 3. The van der Waals surface area contributed by atoms with Gasteiger partial charge in [-0.15, -0.1) is 0 Å². The van der Waals surface area contributed by atoms with Crippen LogP contribution in [-0.2, 0) is 20.7 Å². The number of methoxy groups -OCH3 is 1. The lowest BCUT2D eigenvalue weighted by molar-refractivity contribution is -0.140. The molecule has 2 aromatic rings. The molecular formula is C27H29ClO6. The minimum atomic E-state index is -1.18. The van der Waals surface area contributed by atoms with Gasteiger partial charge in [-0.1, -0.05) is 54.1 Å². The lowest BCUT2D eigenvalue weighted by Gasteiger charge is -2.25. The Balaban J connectivity index is 1.55. The number of aryl methyl sites for hydroxylation is 1. The quantitative estimate of drug-likeness (QED) is 0.436. The second-order valence-corrected chi connectivity index (χ2v) is 9.65. The SMILES string of the molecule is COC(=O)CCc1cccc2c1O[C@H]1C[C@@H](O)[C@H](/C=C(\Cl)C(=O)C(C)(C)Oc3ccccc3)[C@@H]21. The number of Topliss-reactive ketones (excluding diaryl/α,β-unsaturated/α-hetero) is 1. The summed E-state index contributed by atoms with van der Waals surface area (Å²) in [4.78, 5) is 24.7. The van der Waals surface area contributed by atoms with E-state index in [4.69, 9.17) is 25.8 Å². The van der Waals surface area contributed by atoms with Crippen molar-refractivity contribution in [3.05, 3.63) is 70.8 Å². The van der Waals surface area contributed by atoms with Gasteiger partial charge >= 0.3 is 5.97 Å². The molecule has 2 aromatic carbocycles. The van der Waals surface area contributed by atoms with Gasteiger partial charge in [-0.2, -0.15) is 0 Å². The molecule has 6 nitrogen and oxygen atoms in total. The zero-order valence-electron chi connectivity index (χ0n) is 19.5. The van der Waals surface area contributed by atoms with Crippen molar-refractivity contribution in [3.63, 3.8) is 0 Å². The van der Waals surface area contributed by atoms with Crippen molar-refractivity contribution >= 4 is 23.4 Å². The summed E-state index contributed by atoms with van der Waals surface area (Å²) in [5.74, 6) is 0.164. The first-order valence-corrected chi connectivity index (χ1v) is 11.8. The van der Waals surface area contributed by atoms with Gasteiger partial charge < -0.3 is 19.3 Å². The molecule has 7 heteroatoms. The fourth-order valence-corrected chi connectivity index (χ4v) is 5.21. The molecule has 1 N–H and O–H groups in total. The molecule has 0 unspecified atom stereocenters. The van der Waals surface area contributed by atoms with Gasteiger partial charge in [-0.3, -0.25) is 9.59 Å². The topological polar surface area (TPSA) is 82.1 Å². The van der Waals surface area contributed by atoms with Crippen molar-refractivity contribution in [2.75, 3.05) is 7.11 Å². The molecule has 0 saturated heterocycles. The summed E-state index contributed by atoms with van der Waals surface area (Å²) in [5.41, 5.74) is 0.708.